The van der Waals surface area contributed by atoms with Gasteiger partial charge in [0.15, 0.2) is 0 Å². The number of nitrogens with one attached hydrogen (secondary N) is 1. The summed E-state index contributed by atoms with van der Waals surface area (Å²) in [6.45, 7) is 6.95. The summed E-state index contributed by atoms with van der Waals surface area (Å²) in [5.74, 6) is 1.85. The molecule has 1 saturated heterocycles. The number of allylic oxidation sites excluding steroid dienone is 1. The van der Waals surface area contributed by atoms with Crippen LogP contribution in [0.1, 0.15) is 24.8 Å². The third kappa shape index (κ3) is 5.25. The van der Waals surface area contributed by atoms with Crippen LogP contribution in [0.2, 0.25) is 0 Å². The molecule has 0 spiro atoms. The van der Waals surface area contributed by atoms with E-state index in [1.807, 2.05) is 12.1 Å². The average molecular weight is 282 g/mol. The summed E-state index contributed by atoms with van der Waals surface area (Å²) in [7, 11) is 0. The van der Waals surface area contributed by atoms with Crippen molar-refractivity contribution in [3.63, 3.8) is 0 Å². The first kappa shape index (κ1) is 16.1. The Morgan fingerprint density at radius 1 is 1.26 bits per heavy atom. The van der Waals surface area contributed by atoms with E-state index in [9.17, 15) is 0 Å². The lowest BCUT2D eigenvalue weighted by atomic mass is 9.95. The molecule has 1 aromatic carbocycles. The predicted octanol–water partition coefficient (Wildman–Crippen LogP) is 3.61. The van der Waals surface area contributed by atoms with Crippen LogP contribution in [0.3, 0.4) is 0 Å². The second-order valence-electron chi connectivity index (χ2n) is 4.93. The van der Waals surface area contributed by atoms with Gasteiger partial charge >= 0.3 is 0 Å². The molecule has 1 aliphatic heterocycles. The Bertz CT molecular complexity index is 375. The fraction of sp³-hybridized carbons (Fsp3) is 0.500. The molecular formula is C16H24ClNO. The van der Waals surface area contributed by atoms with Crippen LogP contribution in [-0.4, -0.2) is 19.7 Å². The average Bonchev–Trinajstić information content (AvgIpc) is 2.42. The van der Waals surface area contributed by atoms with E-state index in [1.54, 1.807) is 0 Å². The SMILES string of the molecule is C=CCc1ccccc1OCCC1CCNCC1.Cl. The fourth-order valence-corrected chi connectivity index (χ4v) is 2.47. The summed E-state index contributed by atoms with van der Waals surface area (Å²) in [5.41, 5.74) is 1.23. The van der Waals surface area contributed by atoms with Crippen LogP contribution in [0.5, 0.6) is 5.75 Å². The molecule has 1 fully saturated rings. The van der Waals surface area contributed by atoms with E-state index in [4.69, 9.17) is 4.74 Å². The zero-order valence-electron chi connectivity index (χ0n) is 11.4. The van der Waals surface area contributed by atoms with Gasteiger partial charge in [0.25, 0.3) is 0 Å². The molecule has 0 saturated carbocycles. The maximum Gasteiger partial charge on any atom is 0.122 e. The van der Waals surface area contributed by atoms with Gasteiger partial charge in [-0.25, -0.2) is 0 Å². The molecule has 0 radical (unpaired) electrons. The molecule has 1 aromatic rings. The lowest BCUT2D eigenvalue weighted by Crippen LogP contribution is -2.28. The first-order valence-electron chi connectivity index (χ1n) is 6.92. The van der Waals surface area contributed by atoms with Crippen LogP contribution in [-0.2, 0) is 6.42 Å². The fourth-order valence-electron chi connectivity index (χ4n) is 2.47. The molecule has 0 aliphatic carbocycles. The summed E-state index contributed by atoms with van der Waals surface area (Å²) < 4.78 is 5.92. The van der Waals surface area contributed by atoms with E-state index in [1.165, 1.54) is 24.8 Å². The molecular weight excluding hydrogens is 258 g/mol. The van der Waals surface area contributed by atoms with Crippen LogP contribution in [0.25, 0.3) is 0 Å². The van der Waals surface area contributed by atoms with Crippen LogP contribution in [0.15, 0.2) is 36.9 Å². The Kier molecular flexibility index (Phi) is 7.61. The molecule has 2 nitrogen and oxygen atoms in total. The molecule has 0 unspecified atom stereocenters. The van der Waals surface area contributed by atoms with Crippen LogP contribution < -0.4 is 10.1 Å². The molecule has 106 valence electrons. The number of benzene rings is 1. The molecule has 19 heavy (non-hydrogen) atoms. The van der Waals surface area contributed by atoms with Crippen molar-refractivity contribution in [2.75, 3.05) is 19.7 Å². The maximum absolute atomic E-state index is 5.92. The van der Waals surface area contributed by atoms with E-state index >= 15 is 0 Å². The Labute approximate surface area is 122 Å². The normalized spacial score (nSPS) is 15.6. The van der Waals surface area contributed by atoms with Crippen molar-refractivity contribution in [3.05, 3.63) is 42.5 Å². The van der Waals surface area contributed by atoms with Gasteiger partial charge in [0.1, 0.15) is 5.75 Å². The quantitative estimate of drug-likeness (QED) is 0.805. The summed E-state index contributed by atoms with van der Waals surface area (Å²) in [6.07, 6.45) is 6.55. The Balaban J connectivity index is 0.00000180. The first-order valence-corrected chi connectivity index (χ1v) is 6.92. The maximum atomic E-state index is 5.92. The van der Waals surface area contributed by atoms with Crippen LogP contribution >= 0.6 is 12.4 Å². The third-order valence-corrected chi connectivity index (χ3v) is 3.58. The molecule has 0 bridgehead atoms. The van der Waals surface area contributed by atoms with E-state index in [0.717, 1.165) is 37.8 Å². The van der Waals surface area contributed by atoms with Crippen molar-refractivity contribution in [1.29, 1.82) is 0 Å². The third-order valence-electron chi connectivity index (χ3n) is 3.58. The van der Waals surface area contributed by atoms with E-state index in [2.05, 4.69) is 30.1 Å². The number of halogens is 1. The second kappa shape index (κ2) is 9.00. The highest BCUT2D eigenvalue weighted by molar-refractivity contribution is 5.85. The van der Waals surface area contributed by atoms with Crippen LogP contribution in [0.4, 0.5) is 0 Å². The zero-order chi connectivity index (χ0) is 12.6. The molecule has 1 heterocycles. The second-order valence-corrected chi connectivity index (χ2v) is 4.93. The molecule has 0 amide bonds. The summed E-state index contributed by atoms with van der Waals surface area (Å²) in [6, 6.07) is 8.26. The molecule has 1 aliphatic rings. The zero-order valence-corrected chi connectivity index (χ0v) is 12.3. The van der Waals surface area contributed by atoms with Gasteiger partial charge in [0.2, 0.25) is 0 Å². The smallest absolute Gasteiger partial charge is 0.122 e. The van der Waals surface area contributed by atoms with Crippen molar-refractivity contribution < 1.29 is 4.74 Å². The summed E-state index contributed by atoms with van der Waals surface area (Å²) in [5, 5.41) is 3.40. The van der Waals surface area contributed by atoms with Gasteiger partial charge in [-0.2, -0.15) is 0 Å². The molecule has 0 atom stereocenters. The van der Waals surface area contributed by atoms with Gasteiger partial charge in [-0.1, -0.05) is 24.3 Å². The standard InChI is InChI=1S/C16H23NO.ClH/c1-2-5-15-6-3-4-7-16(15)18-13-10-14-8-11-17-12-9-14;/h2-4,6-7,14,17H,1,5,8-13H2;1H. The van der Waals surface area contributed by atoms with Crippen molar-refractivity contribution in [2.45, 2.75) is 25.7 Å². The van der Waals surface area contributed by atoms with Gasteiger partial charge in [0, 0.05) is 0 Å². The predicted molar refractivity (Wildman–Crippen MR) is 83.3 cm³/mol. The molecule has 3 heteroatoms. The van der Waals surface area contributed by atoms with E-state index in [-0.39, 0.29) is 12.4 Å². The van der Waals surface area contributed by atoms with Crippen molar-refractivity contribution in [3.8, 4) is 5.75 Å². The number of para-hydroxylation sites is 1. The van der Waals surface area contributed by atoms with Gasteiger partial charge in [-0.3, -0.25) is 0 Å². The van der Waals surface area contributed by atoms with Crippen LogP contribution in [0, 0.1) is 5.92 Å². The minimum Gasteiger partial charge on any atom is -0.493 e. The lowest BCUT2D eigenvalue weighted by Gasteiger charge is -2.22. The number of piperidine rings is 1. The minimum absolute atomic E-state index is 0. The van der Waals surface area contributed by atoms with Gasteiger partial charge in [-0.15, -0.1) is 19.0 Å². The largest absolute Gasteiger partial charge is 0.493 e. The number of hydrogen-bond acceptors (Lipinski definition) is 2. The lowest BCUT2D eigenvalue weighted by molar-refractivity contribution is 0.250. The monoisotopic (exact) mass is 281 g/mol. The van der Waals surface area contributed by atoms with E-state index < -0.39 is 0 Å². The topological polar surface area (TPSA) is 21.3 Å². The highest BCUT2D eigenvalue weighted by atomic mass is 35.5. The van der Waals surface area contributed by atoms with Crippen molar-refractivity contribution >= 4 is 12.4 Å². The van der Waals surface area contributed by atoms with Gasteiger partial charge in [-0.05, 0) is 56.3 Å². The Morgan fingerprint density at radius 2 is 2.00 bits per heavy atom. The minimum atomic E-state index is 0. The first-order chi connectivity index (χ1) is 8.90. The van der Waals surface area contributed by atoms with Crippen molar-refractivity contribution in [1.82, 2.24) is 5.32 Å². The van der Waals surface area contributed by atoms with Gasteiger partial charge in [0.05, 0.1) is 6.61 Å². The highest BCUT2D eigenvalue weighted by Crippen LogP contribution is 2.21. The summed E-state index contributed by atoms with van der Waals surface area (Å²) in [4.78, 5) is 0. The Hall–Kier alpha value is -0.990. The van der Waals surface area contributed by atoms with Crippen molar-refractivity contribution in [2.24, 2.45) is 5.92 Å². The highest BCUT2D eigenvalue weighted by Gasteiger charge is 2.12. The summed E-state index contributed by atoms with van der Waals surface area (Å²) >= 11 is 0. The number of rotatable bonds is 6. The molecule has 1 N–H and O–H groups in total. The number of hydrogen-bond donors (Lipinski definition) is 1. The molecule has 0 aromatic heterocycles. The van der Waals surface area contributed by atoms with E-state index in [0.29, 0.717) is 0 Å². The van der Waals surface area contributed by atoms with Gasteiger partial charge < -0.3 is 10.1 Å². The number of ether oxygens (including phenoxy) is 1. The molecule has 2 rings (SSSR count). The Morgan fingerprint density at radius 3 is 2.74 bits per heavy atom.